The molecule has 134 valence electrons. The Morgan fingerprint density at radius 1 is 1.00 bits per heavy atom. The second-order valence-electron chi connectivity index (χ2n) is 6.35. The second-order valence-corrected chi connectivity index (χ2v) is 6.35. The number of carbonyl (C=O) groups is 2. The lowest BCUT2D eigenvalue weighted by molar-refractivity contribution is 0.0252. The van der Waals surface area contributed by atoms with Crippen molar-refractivity contribution in [3.63, 3.8) is 0 Å². The average Bonchev–Trinajstić information content (AvgIpc) is 2.68. The zero-order valence-electron chi connectivity index (χ0n) is 14.3. The molecule has 1 atom stereocenters. The minimum absolute atomic E-state index is 0.362. The smallest absolute Gasteiger partial charge is 0.339 e. The number of fused-ring (bicyclic) bond motifs is 1. The summed E-state index contributed by atoms with van der Waals surface area (Å²) in [5, 5.41) is 2.66. The summed E-state index contributed by atoms with van der Waals surface area (Å²) in [5.74, 6) is -1.19. The van der Waals surface area contributed by atoms with Crippen molar-refractivity contribution < 1.29 is 18.7 Å². The van der Waals surface area contributed by atoms with Gasteiger partial charge in [0.2, 0.25) is 0 Å². The van der Waals surface area contributed by atoms with Gasteiger partial charge in [0.25, 0.3) is 5.91 Å². The number of nitrogens with one attached hydrogen (secondary N) is 1. The molecule has 0 aliphatic carbocycles. The van der Waals surface area contributed by atoms with Crippen molar-refractivity contribution in [2.24, 2.45) is 0 Å². The standard InChI is InChI=1S/C22H16FNO3/c23-17-7-4-8-18(13-17)24-21(25)15-9-10-19-16(11-15)12-20(27-22(19)26)14-5-2-1-3-6-14/h1-11,13,20H,12H2,(H,24,25)/t20-/m0/s1. The Morgan fingerprint density at radius 3 is 2.59 bits per heavy atom. The predicted octanol–water partition coefficient (Wildman–Crippen LogP) is 4.53. The Balaban J connectivity index is 1.59. The highest BCUT2D eigenvalue weighted by molar-refractivity contribution is 6.05. The van der Waals surface area contributed by atoms with Gasteiger partial charge in [-0.05, 0) is 47.5 Å². The number of halogens is 1. The molecule has 27 heavy (non-hydrogen) atoms. The van der Waals surface area contributed by atoms with Gasteiger partial charge in [0.1, 0.15) is 11.9 Å². The Bertz CT molecular complexity index is 1020. The molecule has 1 heterocycles. The SMILES string of the molecule is O=C(Nc1cccc(F)c1)c1ccc2c(c1)C[C@@H](c1ccccc1)OC2=O. The summed E-state index contributed by atoms with van der Waals surface area (Å²) in [6, 6.07) is 20.0. The zero-order chi connectivity index (χ0) is 18.8. The van der Waals surface area contributed by atoms with Gasteiger partial charge in [-0.15, -0.1) is 0 Å². The largest absolute Gasteiger partial charge is 0.454 e. The van der Waals surface area contributed by atoms with E-state index >= 15 is 0 Å². The molecule has 3 aromatic carbocycles. The van der Waals surface area contributed by atoms with Gasteiger partial charge in [0.05, 0.1) is 5.56 Å². The van der Waals surface area contributed by atoms with Gasteiger partial charge in [-0.3, -0.25) is 4.79 Å². The van der Waals surface area contributed by atoms with Gasteiger partial charge in [-0.1, -0.05) is 36.4 Å². The van der Waals surface area contributed by atoms with E-state index in [2.05, 4.69) is 5.32 Å². The minimum Gasteiger partial charge on any atom is -0.454 e. The van der Waals surface area contributed by atoms with Crippen molar-refractivity contribution in [2.75, 3.05) is 5.32 Å². The topological polar surface area (TPSA) is 55.4 Å². The van der Waals surface area contributed by atoms with Crippen LogP contribution >= 0.6 is 0 Å². The summed E-state index contributed by atoms with van der Waals surface area (Å²) in [5.41, 5.74) is 2.90. The molecule has 0 spiro atoms. The van der Waals surface area contributed by atoms with Crippen molar-refractivity contribution in [3.05, 3.63) is 101 Å². The lowest BCUT2D eigenvalue weighted by Gasteiger charge is -2.25. The van der Waals surface area contributed by atoms with Crippen LogP contribution < -0.4 is 5.32 Å². The molecule has 1 amide bonds. The van der Waals surface area contributed by atoms with Gasteiger partial charge >= 0.3 is 5.97 Å². The molecule has 0 radical (unpaired) electrons. The van der Waals surface area contributed by atoms with E-state index in [4.69, 9.17) is 4.74 Å². The summed E-state index contributed by atoms with van der Waals surface area (Å²) < 4.78 is 18.8. The van der Waals surface area contributed by atoms with Crippen molar-refractivity contribution in [2.45, 2.75) is 12.5 Å². The highest BCUT2D eigenvalue weighted by atomic mass is 19.1. The monoisotopic (exact) mass is 361 g/mol. The van der Waals surface area contributed by atoms with Crippen LogP contribution in [0.5, 0.6) is 0 Å². The van der Waals surface area contributed by atoms with Crippen LogP contribution in [-0.4, -0.2) is 11.9 Å². The maximum Gasteiger partial charge on any atom is 0.339 e. The van der Waals surface area contributed by atoms with E-state index in [1.807, 2.05) is 30.3 Å². The Kier molecular flexibility index (Phi) is 4.42. The van der Waals surface area contributed by atoms with Gasteiger partial charge in [-0.2, -0.15) is 0 Å². The number of esters is 1. The van der Waals surface area contributed by atoms with Crippen LogP contribution in [-0.2, 0) is 11.2 Å². The molecule has 1 aliphatic rings. The van der Waals surface area contributed by atoms with Crippen molar-refractivity contribution >= 4 is 17.6 Å². The Hall–Kier alpha value is -3.47. The first-order valence-corrected chi connectivity index (χ1v) is 8.56. The van der Waals surface area contributed by atoms with E-state index < -0.39 is 11.8 Å². The molecule has 0 unspecified atom stereocenters. The molecular weight excluding hydrogens is 345 g/mol. The molecule has 0 saturated carbocycles. The fraction of sp³-hybridized carbons (Fsp3) is 0.0909. The highest BCUT2D eigenvalue weighted by Crippen LogP contribution is 2.31. The molecule has 1 N–H and O–H groups in total. The quantitative estimate of drug-likeness (QED) is 0.697. The molecule has 0 bridgehead atoms. The van der Waals surface area contributed by atoms with E-state index in [0.29, 0.717) is 23.2 Å². The minimum atomic E-state index is -0.424. The van der Waals surface area contributed by atoms with Gasteiger partial charge in [0.15, 0.2) is 0 Å². The molecule has 4 nitrogen and oxygen atoms in total. The number of ether oxygens (including phenoxy) is 1. The fourth-order valence-electron chi connectivity index (χ4n) is 3.16. The van der Waals surface area contributed by atoms with Crippen molar-refractivity contribution in [3.8, 4) is 0 Å². The maximum atomic E-state index is 13.3. The maximum absolute atomic E-state index is 13.3. The van der Waals surface area contributed by atoms with Crippen molar-refractivity contribution in [1.82, 2.24) is 0 Å². The third-order valence-electron chi connectivity index (χ3n) is 4.50. The van der Waals surface area contributed by atoms with E-state index in [1.54, 1.807) is 24.3 Å². The van der Waals surface area contributed by atoms with Crippen LogP contribution in [0.2, 0.25) is 0 Å². The molecular formula is C22H16FNO3. The molecule has 0 saturated heterocycles. The number of amides is 1. The molecule has 0 fully saturated rings. The van der Waals surface area contributed by atoms with Gasteiger partial charge in [-0.25, -0.2) is 9.18 Å². The molecule has 3 aromatic rings. The molecule has 1 aliphatic heterocycles. The average molecular weight is 361 g/mol. The first-order valence-electron chi connectivity index (χ1n) is 8.56. The van der Waals surface area contributed by atoms with Gasteiger partial charge < -0.3 is 10.1 Å². The fourth-order valence-corrected chi connectivity index (χ4v) is 3.16. The van der Waals surface area contributed by atoms with E-state index in [9.17, 15) is 14.0 Å². The molecule has 0 aromatic heterocycles. The number of benzene rings is 3. The summed E-state index contributed by atoms with van der Waals surface area (Å²) >= 11 is 0. The first-order chi connectivity index (χ1) is 13.1. The number of cyclic esters (lactones) is 1. The number of hydrogen-bond acceptors (Lipinski definition) is 3. The third kappa shape index (κ3) is 3.58. The second kappa shape index (κ2) is 7.03. The number of anilines is 1. The summed E-state index contributed by atoms with van der Waals surface area (Å²) in [6.07, 6.45) is 0.111. The Labute approximate surface area is 155 Å². The predicted molar refractivity (Wildman–Crippen MR) is 99.1 cm³/mol. The van der Waals surface area contributed by atoms with Crippen molar-refractivity contribution in [1.29, 1.82) is 0 Å². The van der Waals surface area contributed by atoms with E-state index in [0.717, 1.165) is 11.1 Å². The number of hydrogen-bond donors (Lipinski definition) is 1. The third-order valence-corrected chi connectivity index (χ3v) is 4.50. The summed E-state index contributed by atoms with van der Waals surface area (Å²) in [6.45, 7) is 0. The van der Waals surface area contributed by atoms with Crippen LogP contribution in [0.15, 0.2) is 72.8 Å². The van der Waals surface area contributed by atoms with Crippen LogP contribution in [0.4, 0.5) is 10.1 Å². The molecule has 5 heteroatoms. The normalized spacial score (nSPS) is 15.6. The van der Waals surface area contributed by atoms with Crippen LogP contribution in [0.3, 0.4) is 0 Å². The number of rotatable bonds is 3. The summed E-state index contributed by atoms with van der Waals surface area (Å²) in [4.78, 5) is 24.8. The van der Waals surface area contributed by atoms with E-state index in [-0.39, 0.29) is 12.0 Å². The lowest BCUT2D eigenvalue weighted by atomic mass is 9.93. The van der Waals surface area contributed by atoms with Crippen LogP contribution in [0.1, 0.15) is 37.9 Å². The Morgan fingerprint density at radius 2 is 1.81 bits per heavy atom. The van der Waals surface area contributed by atoms with Crippen LogP contribution in [0, 0.1) is 5.82 Å². The lowest BCUT2D eigenvalue weighted by Crippen LogP contribution is -2.23. The molecule has 4 rings (SSSR count). The van der Waals surface area contributed by atoms with Gasteiger partial charge in [0, 0.05) is 17.7 Å². The first kappa shape index (κ1) is 17.0. The van der Waals surface area contributed by atoms with E-state index in [1.165, 1.54) is 18.2 Å². The zero-order valence-corrected chi connectivity index (χ0v) is 14.3. The summed E-state index contributed by atoms with van der Waals surface area (Å²) in [7, 11) is 0. The highest BCUT2D eigenvalue weighted by Gasteiger charge is 2.28. The van der Waals surface area contributed by atoms with Crippen LogP contribution in [0.25, 0.3) is 0 Å². The number of carbonyl (C=O) groups excluding carboxylic acids is 2.